The van der Waals surface area contributed by atoms with E-state index in [1.807, 2.05) is 0 Å². The molecular formula is C22H18Cl2N4O3S. The number of H-pyrrole nitrogens is 1. The van der Waals surface area contributed by atoms with Crippen molar-refractivity contribution in [2.45, 2.75) is 11.8 Å². The monoisotopic (exact) mass is 488 g/mol. The van der Waals surface area contributed by atoms with E-state index in [2.05, 4.69) is 4.98 Å². The van der Waals surface area contributed by atoms with Gasteiger partial charge in [-0.15, -0.1) is 0 Å². The van der Waals surface area contributed by atoms with Gasteiger partial charge < -0.3 is 4.98 Å². The van der Waals surface area contributed by atoms with Gasteiger partial charge in [-0.1, -0.05) is 35.3 Å². The molecule has 0 saturated heterocycles. The maximum atomic E-state index is 13.4. The first-order valence-corrected chi connectivity index (χ1v) is 11.8. The van der Waals surface area contributed by atoms with Crippen molar-refractivity contribution in [2.75, 3.05) is 10.8 Å². The molecule has 1 aromatic heterocycles. The van der Waals surface area contributed by atoms with Crippen molar-refractivity contribution in [1.29, 1.82) is 5.41 Å². The Morgan fingerprint density at radius 3 is 2.41 bits per heavy atom. The maximum Gasteiger partial charge on any atom is 0.332 e. The van der Waals surface area contributed by atoms with Crippen molar-refractivity contribution < 1.29 is 8.42 Å². The summed E-state index contributed by atoms with van der Waals surface area (Å²) in [4.78, 5) is 15.4. The zero-order chi connectivity index (χ0) is 23.0. The van der Waals surface area contributed by atoms with Crippen LogP contribution in [0.1, 0.15) is 6.92 Å². The molecule has 0 aliphatic carbocycles. The zero-order valence-corrected chi connectivity index (χ0v) is 19.2. The van der Waals surface area contributed by atoms with Crippen molar-refractivity contribution in [2.24, 2.45) is 0 Å². The molecule has 0 amide bonds. The fraction of sp³-hybridized carbons (Fsp3) is 0.0909. The number of sulfonamides is 1. The number of aromatic amines is 1. The predicted molar refractivity (Wildman–Crippen MR) is 126 cm³/mol. The lowest BCUT2D eigenvalue weighted by Crippen LogP contribution is -2.34. The number of hydrogen-bond acceptors (Lipinski definition) is 4. The van der Waals surface area contributed by atoms with E-state index < -0.39 is 15.7 Å². The molecule has 0 spiro atoms. The van der Waals surface area contributed by atoms with Crippen LogP contribution in [0.15, 0.2) is 76.4 Å². The minimum Gasteiger partial charge on any atom is -0.306 e. The topological polar surface area (TPSA) is 99.0 Å². The van der Waals surface area contributed by atoms with Crippen molar-refractivity contribution in [3.8, 4) is 5.69 Å². The number of anilines is 1. The average Bonchev–Trinajstić information content (AvgIpc) is 2.76. The van der Waals surface area contributed by atoms with Crippen LogP contribution >= 0.6 is 23.2 Å². The van der Waals surface area contributed by atoms with Crippen LogP contribution in [-0.4, -0.2) is 24.5 Å². The number of nitrogens with zero attached hydrogens (tertiary/aromatic N) is 2. The maximum absolute atomic E-state index is 13.4. The number of halogens is 2. The zero-order valence-electron chi connectivity index (χ0n) is 16.8. The van der Waals surface area contributed by atoms with Gasteiger partial charge in [0.15, 0.2) is 0 Å². The molecule has 0 aliphatic heterocycles. The SMILES string of the molecule is CCN(c1ccc(Cl)cc1)S(=O)(=O)c1ccc(Cl)c(-n2c(=O)[nH]c3ccccc3c2=N)c1. The Bertz CT molecular complexity index is 1540. The van der Waals surface area contributed by atoms with E-state index in [9.17, 15) is 13.2 Å². The van der Waals surface area contributed by atoms with E-state index in [-0.39, 0.29) is 27.6 Å². The molecule has 0 atom stereocenters. The van der Waals surface area contributed by atoms with Gasteiger partial charge in [-0.2, -0.15) is 0 Å². The summed E-state index contributed by atoms with van der Waals surface area (Å²) in [5, 5.41) is 9.65. The van der Waals surface area contributed by atoms with Gasteiger partial charge in [-0.3, -0.25) is 9.71 Å². The van der Waals surface area contributed by atoms with E-state index >= 15 is 0 Å². The Labute approximate surface area is 194 Å². The van der Waals surface area contributed by atoms with Gasteiger partial charge in [-0.05, 0) is 61.5 Å². The largest absolute Gasteiger partial charge is 0.332 e. The molecule has 3 aromatic carbocycles. The number of hydrogen-bond donors (Lipinski definition) is 2. The van der Waals surface area contributed by atoms with E-state index in [4.69, 9.17) is 28.6 Å². The minimum atomic E-state index is -3.99. The number of fused-ring (bicyclic) bond motifs is 1. The molecule has 0 aliphatic rings. The second-order valence-corrected chi connectivity index (χ2v) is 9.63. The lowest BCUT2D eigenvalue weighted by Gasteiger charge is -2.23. The lowest BCUT2D eigenvalue weighted by atomic mass is 10.2. The van der Waals surface area contributed by atoms with E-state index in [1.54, 1.807) is 55.5 Å². The molecule has 32 heavy (non-hydrogen) atoms. The molecule has 0 saturated carbocycles. The first-order valence-electron chi connectivity index (χ1n) is 9.61. The minimum absolute atomic E-state index is 0.0619. The van der Waals surface area contributed by atoms with Gasteiger partial charge in [0.1, 0.15) is 5.49 Å². The van der Waals surface area contributed by atoms with Crippen LogP contribution in [0.3, 0.4) is 0 Å². The van der Waals surface area contributed by atoms with E-state index in [0.717, 1.165) is 4.57 Å². The third-order valence-corrected chi connectivity index (χ3v) is 7.47. The normalized spacial score (nSPS) is 11.6. The van der Waals surface area contributed by atoms with Crippen LogP contribution in [0.5, 0.6) is 0 Å². The summed E-state index contributed by atoms with van der Waals surface area (Å²) in [6.07, 6.45) is 0. The number of benzene rings is 3. The number of rotatable bonds is 5. The van der Waals surface area contributed by atoms with Crippen molar-refractivity contribution >= 4 is 49.8 Å². The molecule has 0 bridgehead atoms. The Morgan fingerprint density at radius 2 is 1.72 bits per heavy atom. The highest BCUT2D eigenvalue weighted by atomic mass is 35.5. The van der Waals surface area contributed by atoms with Crippen LogP contribution in [0.2, 0.25) is 10.0 Å². The highest BCUT2D eigenvalue weighted by Crippen LogP contribution is 2.28. The quantitative estimate of drug-likeness (QED) is 0.437. The molecule has 2 N–H and O–H groups in total. The molecule has 164 valence electrons. The first kappa shape index (κ1) is 22.1. The average molecular weight is 489 g/mol. The van der Waals surface area contributed by atoms with Crippen LogP contribution in [0.4, 0.5) is 5.69 Å². The number of para-hydroxylation sites is 1. The second-order valence-electron chi connectivity index (χ2n) is 6.92. The first-order chi connectivity index (χ1) is 15.2. The van der Waals surface area contributed by atoms with Gasteiger partial charge in [0, 0.05) is 17.0 Å². The molecule has 0 fully saturated rings. The van der Waals surface area contributed by atoms with Gasteiger partial charge >= 0.3 is 5.69 Å². The smallest absolute Gasteiger partial charge is 0.306 e. The van der Waals surface area contributed by atoms with Gasteiger partial charge in [0.2, 0.25) is 0 Å². The molecular weight excluding hydrogens is 471 g/mol. The van der Waals surface area contributed by atoms with Gasteiger partial charge in [-0.25, -0.2) is 17.8 Å². The fourth-order valence-electron chi connectivity index (χ4n) is 3.47. The van der Waals surface area contributed by atoms with Crippen LogP contribution in [0, 0.1) is 5.41 Å². The van der Waals surface area contributed by atoms with Crippen LogP contribution in [0.25, 0.3) is 16.6 Å². The summed E-state index contributed by atoms with van der Waals surface area (Å²) < 4.78 is 29.2. The Morgan fingerprint density at radius 1 is 1.03 bits per heavy atom. The van der Waals surface area contributed by atoms with Crippen LogP contribution in [-0.2, 0) is 10.0 Å². The van der Waals surface area contributed by atoms with Crippen molar-refractivity contribution in [3.05, 3.63) is 92.7 Å². The third-order valence-electron chi connectivity index (χ3n) is 5.00. The van der Waals surface area contributed by atoms with Crippen molar-refractivity contribution in [1.82, 2.24) is 9.55 Å². The molecule has 7 nitrogen and oxygen atoms in total. The van der Waals surface area contributed by atoms with Gasteiger partial charge in [0.25, 0.3) is 10.0 Å². The highest BCUT2D eigenvalue weighted by molar-refractivity contribution is 7.92. The standard InChI is InChI=1S/C22H18Cl2N4O3S/c1-2-27(15-9-7-14(23)8-10-15)32(30,31)16-11-12-18(24)20(13-16)28-21(25)17-5-3-4-6-19(17)26-22(28)29/h3-13,25H,2H2,1H3,(H,26,29). The van der Waals surface area contributed by atoms with E-state index in [0.29, 0.717) is 21.6 Å². The summed E-state index contributed by atoms with van der Waals surface area (Å²) in [7, 11) is -3.99. The van der Waals surface area contributed by atoms with Gasteiger partial charge in [0.05, 0.1) is 26.8 Å². The Hall–Kier alpha value is -3.07. The number of aromatic nitrogens is 2. The summed E-state index contributed by atoms with van der Waals surface area (Å²) in [6.45, 7) is 1.89. The number of nitrogens with one attached hydrogen (secondary N) is 2. The third kappa shape index (κ3) is 3.81. The predicted octanol–water partition coefficient (Wildman–Crippen LogP) is 4.32. The molecule has 0 unspecified atom stereocenters. The van der Waals surface area contributed by atoms with E-state index in [1.165, 1.54) is 22.5 Å². The highest BCUT2D eigenvalue weighted by Gasteiger charge is 2.25. The fourth-order valence-corrected chi connectivity index (χ4v) is 5.29. The summed E-state index contributed by atoms with van der Waals surface area (Å²) >= 11 is 12.3. The molecule has 1 heterocycles. The van der Waals surface area contributed by atoms with Crippen LogP contribution < -0.4 is 15.5 Å². The Balaban J connectivity index is 1.90. The molecule has 4 rings (SSSR count). The second kappa shape index (κ2) is 8.46. The lowest BCUT2D eigenvalue weighted by molar-refractivity contribution is 0.591. The molecule has 4 aromatic rings. The summed E-state index contributed by atoms with van der Waals surface area (Å²) in [5.41, 5.74) is 0.335. The summed E-state index contributed by atoms with van der Waals surface area (Å²) in [6, 6.07) is 17.4. The molecule has 0 radical (unpaired) electrons. The molecule has 10 heteroatoms. The Kier molecular flexibility index (Phi) is 5.85. The van der Waals surface area contributed by atoms with Crippen molar-refractivity contribution in [3.63, 3.8) is 0 Å². The summed E-state index contributed by atoms with van der Waals surface area (Å²) in [5.74, 6) is 0.